The molecule has 11 heteroatoms. The molecule has 0 saturated heterocycles. The topological polar surface area (TPSA) is 156 Å². The number of unbranched alkanes of at least 4 members (excludes halogenated alkanes) is 1. The number of nitrogens with two attached hydrogens (primary N) is 1. The number of hydrogen-bond acceptors (Lipinski definition) is 7. The molecule has 0 unspecified atom stereocenters. The van der Waals surface area contributed by atoms with Crippen molar-refractivity contribution >= 4 is 15.7 Å². The van der Waals surface area contributed by atoms with Gasteiger partial charge in [0.25, 0.3) is 5.56 Å². The van der Waals surface area contributed by atoms with E-state index in [9.17, 15) is 32.8 Å². The SMILES string of the molecule is CCCCc1nc(=O)c(S(=O)(=O)c2ccc(-c3ccc(C(N)=O)cc3F)cc2)c(O)n1[C@@H](CC)c1cccc(C#N)c1. The average molecular weight is 589 g/mol. The second kappa shape index (κ2) is 12.4. The Morgan fingerprint density at radius 3 is 2.43 bits per heavy atom. The summed E-state index contributed by atoms with van der Waals surface area (Å²) in [5.74, 6) is -2.02. The molecule has 0 saturated carbocycles. The molecular formula is C31H29FN4O5S. The van der Waals surface area contributed by atoms with Gasteiger partial charge in [-0.2, -0.15) is 10.2 Å². The summed E-state index contributed by atoms with van der Waals surface area (Å²) in [5.41, 5.74) is 5.57. The maximum atomic E-state index is 14.6. The molecule has 0 radical (unpaired) electrons. The zero-order valence-electron chi connectivity index (χ0n) is 23.0. The van der Waals surface area contributed by atoms with Crippen molar-refractivity contribution in [3.63, 3.8) is 0 Å². The van der Waals surface area contributed by atoms with E-state index in [1.165, 1.54) is 41.0 Å². The number of nitrogens with zero attached hydrogens (tertiary/aromatic N) is 3. The fourth-order valence-electron chi connectivity index (χ4n) is 4.84. The standard InChI is InChI=1S/C31H29FN4O5S/c1-3-5-9-27-35-30(38)28(31(39)36(27)26(4-2)21-8-6-7-19(16-21)18-33)42(40,41)23-13-10-20(11-14-23)24-15-12-22(29(34)37)17-25(24)32/h6-8,10-17,26,39H,3-5,9H2,1-2H3,(H2,34,37)/t26-/m0/s1. The minimum atomic E-state index is -4.58. The zero-order valence-corrected chi connectivity index (χ0v) is 23.9. The van der Waals surface area contributed by atoms with Crippen LogP contribution in [-0.2, 0) is 16.3 Å². The molecule has 1 aromatic heterocycles. The van der Waals surface area contributed by atoms with Gasteiger partial charge >= 0.3 is 0 Å². The van der Waals surface area contributed by atoms with Crippen LogP contribution in [-0.4, -0.2) is 29.0 Å². The fraction of sp³-hybridized carbons (Fsp3) is 0.226. The first kappa shape index (κ1) is 30.1. The highest BCUT2D eigenvalue weighted by molar-refractivity contribution is 7.91. The lowest BCUT2D eigenvalue weighted by molar-refractivity contribution is 0.1000. The van der Waals surface area contributed by atoms with Crippen LogP contribution in [0.4, 0.5) is 4.39 Å². The van der Waals surface area contributed by atoms with E-state index in [1.54, 1.807) is 24.3 Å². The minimum absolute atomic E-state index is 0.0122. The van der Waals surface area contributed by atoms with Crippen LogP contribution in [0.25, 0.3) is 11.1 Å². The maximum Gasteiger partial charge on any atom is 0.296 e. The van der Waals surface area contributed by atoms with Crippen LogP contribution in [0.5, 0.6) is 5.88 Å². The van der Waals surface area contributed by atoms with E-state index in [2.05, 4.69) is 11.1 Å². The second-order valence-corrected chi connectivity index (χ2v) is 11.6. The van der Waals surface area contributed by atoms with E-state index in [0.717, 1.165) is 12.5 Å². The van der Waals surface area contributed by atoms with Gasteiger partial charge in [0.05, 0.1) is 22.6 Å². The van der Waals surface area contributed by atoms with Crippen molar-refractivity contribution in [1.29, 1.82) is 5.26 Å². The molecule has 0 spiro atoms. The predicted octanol–water partition coefficient (Wildman–Crippen LogP) is 4.90. The normalized spacial score (nSPS) is 12.0. The number of aryl methyl sites for hydroxylation is 1. The number of rotatable bonds is 10. The Bertz CT molecular complexity index is 1860. The molecule has 0 aliphatic heterocycles. The highest BCUT2D eigenvalue weighted by Gasteiger charge is 2.32. The number of amides is 1. The van der Waals surface area contributed by atoms with Gasteiger partial charge in [0.15, 0.2) is 4.90 Å². The van der Waals surface area contributed by atoms with Crippen LogP contribution in [0, 0.1) is 17.1 Å². The fourth-order valence-corrected chi connectivity index (χ4v) is 6.18. The van der Waals surface area contributed by atoms with E-state index >= 15 is 0 Å². The zero-order chi connectivity index (χ0) is 30.6. The van der Waals surface area contributed by atoms with Crippen molar-refractivity contribution in [2.75, 3.05) is 0 Å². The molecule has 0 aliphatic carbocycles. The van der Waals surface area contributed by atoms with Gasteiger partial charge in [-0.1, -0.05) is 50.6 Å². The Labute approximate surface area is 242 Å². The van der Waals surface area contributed by atoms with Crippen molar-refractivity contribution in [2.24, 2.45) is 5.73 Å². The van der Waals surface area contributed by atoms with Gasteiger partial charge in [0.1, 0.15) is 11.6 Å². The summed E-state index contributed by atoms with van der Waals surface area (Å²) < 4.78 is 43.5. The summed E-state index contributed by atoms with van der Waals surface area (Å²) >= 11 is 0. The summed E-state index contributed by atoms with van der Waals surface area (Å²) in [4.78, 5) is 27.4. The third-order valence-corrected chi connectivity index (χ3v) is 8.77. The smallest absolute Gasteiger partial charge is 0.296 e. The molecular weight excluding hydrogens is 559 g/mol. The lowest BCUT2D eigenvalue weighted by Crippen LogP contribution is -2.27. The van der Waals surface area contributed by atoms with Crippen LogP contribution < -0.4 is 11.3 Å². The van der Waals surface area contributed by atoms with E-state index in [-0.39, 0.29) is 21.8 Å². The number of carbonyl (C=O) groups excluding carboxylic acids is 1. The molecule has 0 fully saturated rings. The van der Waals surface area contributed by atoms with Crippen molar-refractivity contribution < 1.29 is 22.7 Å². The summed E-state index contributed by atoms with van der Waals surface area (Å²) in [7, 11) is -4.58. The first-order valence-corrected chi connectivity index (χ1v) is 14.8. The molecule has 3 N–H and O–H groups in total. The number of aromatic nitrogens is 2. The average Bonchev–Trinajstić information content (AvgIpc) is 2.97. The number of sulfone groups is 1. The Morgan fingerprint density at radius 1 is 1.12 bits per heavy atom. The van der Waals surface area contributed by atoms with Gasteiger partial charge < -0.3 is 10.8 Å². The van der Waals surface area contributed by atoms with Crippen LogP contribution in [0.1, 0.15) is 66.5 Å². The molecule has 42 heavy (non-hydrogen) atoms. The van der Waals surface area contributed by atoms with Crippen LogP contribution in [0.3, 0.4) is 0 Å². The first-order chi connectivity index (χ1) is 20.0. The number of halogens is 1. The molecule has 4 aromatic rings. The molecule has 0 aliphatic rings. The van der Waals surface area contributed by atoms with Crippen molar-refractivity contribution in [3.05, 3.63) is 105 Å². The van der Waals surface area contributed by atoms with Crippen molar-refractivity contribution in [1.82, 2.24) is 9.55 Å². The van der Waals surface area contributed by atoms with Crippen LogP contribution in [0.2, 0.25) is 0 Å². The van der Waals surface area contributed by atoms with E-state index in [0.29, 0.717) is 36.0 Å². The Morgan fingerprint density at radius 2 is 1.83 bits per heavy atom. The van der Waals surface area contributed by atoms with Crippen LogP contribution in [0.15, 0.2) is 81.3 Å². The monoisotopic (exact) mass is 588 g/mol. The third-order valence-electron chi connectivity index (χ3n) is 6.98. The van der Waals surface area contributed by atoms with Gasteiger partial charge in [0, 0.05) is 17.5 Å². The molecule has 1 amide bonds. The first-order valence-electron chi connectivity index (χ1n) is 13.3. The Balaban J connectivity index is 1.84. The van der Waals surface area contributed by atoms with E-state index in [4.69, 9.17) is 5.73 Å². The molecule has 216 valence electrons. The van der Waals surface area contributed by atoms with E-state index < -0.39 is 43.9 Å². The van der Waals surface area contributed by atoms with Gasteiger partial charge in [-0.05, 0) is 60.4 Å². The number of hydrogen-bond donors (Lipinski definition) is 2. The summed E-state index contributed by atoms with van der Waals surface area (Å²) in [6, 6.07) is 17.0. The number of nitriles is 1. The lowest BCUT2D eigenvalue weighted by Gasteiger charge is -2.25. The molecule has 1 heterocycles. The number of carbonyl (C=O) groups is 1. The van der Waals surface area contributed by atoms with Crippen LogP contribution >= 0.6 is 0 Å². The molecule has 1 atom stereocenters. The minimum Gasteiger partial charge on any atom is -0.493 e. The van der Waals surface area contributed by atoms with Crippen molar-refractivity contribution in [3.8, 4) is 23.1 Å². The lowest BCUT2D eigenvalue weighted by atomic mass is 10.0. The number of primary amides is 1. The number of aromatic hydroxyl groups is 1. The largest absolute Gasteiger partial charge is 0.493 e. The molecule has 3 aromatic carbocycles. The molecule has 4 rings (SSSR count). The summed E-state index contributed by atoms with van der Waals surface area (Å²) in [6.07, 6.45) is 2.14. The maximum absolute atomic E-state index is 14.6. The van der Waals surface area contributed by atoms with Gasteiger partial charge in [-0.3, -0.25) is 14.2 Å². The van der Waals surface area contributed by atoms with Gasteiger partial charge in [-0.25, -0.2) is 12.8 Å². The van der Waals surface area contributed by atoms with E-state index in [1.807, 2.05) is 13.8 Å². The highest BCUT2D eigenvalue weighted by atomic mass is 32.2. The molecule has 0 bridgehead atoms. The van der Waals surface area contributed by atoms with Crippen molar-refractivity contribution in [2.45, 2.75) is 55.4 Å². The summed E-state index contributed by atoms with van der Waals surface area (Å²) in [6.45, 7) is 3.79. The van der Waals surface area contributed by atoms with Gasteiger partial charge in [0.2, 0.25) is 21.6 Å². The molecule has 9 nitrogen and oxygen atoms in total. The highest BCUT2D eigenvalue weighted by Crippen LogP contribution is 2.34. The Hall–Kier alpha value is -4.82. The second-order valence-electron chi connectivity index (χ2n) is 9.71. The predicted molar refractivity (Wildman–Crippen MR) is 154 cm³/mol. The van der Waals surface area contributed by atoms with Gasteiger partial charge in [-0.15, -0.1) is 0 Å². The Kier molecular flexibility index (Phi) is 8.87. The summed E-state index contributed by atoms with van der Waals surface area (Å²) in [5, 5.41) is 20.9. The number of benzene rings is 3. The third kappa shape index (κ3) is 5.80. The quantitative estimate of drug-likeness (QED) is 0.267.